The third-order valence-electron chi connectivity index (χ3n) is 2.47. The molecule has 2 amide bonds. The SMILES string of the molecule is CCC(=O)Nc1ccc(Cl)c(NC(=O)C(Br)CC)c1. The van der Waals surface area contributed by atoms with Crippen molar-refractivity contribution in [1.29, 1.82) is 0 Å². The molecule has 104 valence electrons. The second-order valence-corrected chi connectivity index (χ2v) is 5.47. The van der Waals surface area contributed by atoms with Crippen molar-refractivity contribution >= 4 is 50.7 Å². The highest BCUT2D eigenvalue weighted by atomic mass is 79.9. The highest BCUT2D eigenvalue weighted by Gasteiger charge is 2.14. The van der Waals surface area contributed by atoms with Crippen molar-refractivity contribution in [1.82, 2.24) is 0 Å². The summed E-state index contributed by atoms with van der Waals surface area (Å²) in [5.41, 5.74) is 1.09. The van der Waals surface area contributed by atoms with Crippen LogP contribution in [0, 0.1) is 0 Å². The van der Waals surface area contributed by atoms with Crippen molar-refractivity contribution in [2.24, 2.45) is 0 Å². The van der Waals surface area contributed by atoms with E-state index in [0.717, 1.165) is 0 Å². The van der Waals surface area contributed by atoms with Gasteiger partial charge in [-0.1, -0.05) is 41.4 Å². The molecule has 4 nitrogen and oxygen atoms in total. The minimum Gasteiger partial charge on any atom is -0.326 e. The topological polar surface area (TPSA) is 58.2 Å². The molecule has 0 heterocycles. The van der Waals surface area contributed by atoms with Crippen LogP contribution < -0.4 is 10.6 Å². The molecule has 0 spiro atoms. The van der Waals surface area contributed by atoms with Crippen molar-refractivity contribution in [2.75, 3.05) is 10.6 Å². The molecule has 1 aromatic rings. The Morgan fingerprint density at radius 1 is 1.32 bits per heavy atom. The summed E-state index contributed by atoms with van der Waals surface area (Å²) in [6.45, 7) is 3.67. The number of carbonyl (C=O) groups excluding carboxylic acids is 2. The van der Waals surface area contributed by atoms with E-state index in [1.807, 2.05) is 6.92 Å². The second-order valence-electron chi connectivity index (χ2n) is 3.96. The average molecular weight is 348 g/mol. The van der Waals surface area contributed by atoms with Crippen LogP contribution in [-0.2, 0) is 9.59 Å². The van der Waals surface area contributed by atoms with Crippen LogP contribution in [0.25, 0.3) is 0 Å². The molecular weight excluding hydrogens is 332 g/mol. The molecule has 0 aliphatic rings. The Labute approximate surface area is 126 Å². The third-order valence-corrected chi connectivity index (χ3v) is 3.86. The van der Waals surface area contributed by atoms with Gasteiger partial charge in [-0.25, -0.2) is 0 Å². The zero-order valence-electron chi connectivity index (χ0n) is 10.8. The molecule has 1 aromatic carbocycles. The van der Waals surface area contributed by atoms with Crippen molar-refractivity contribution < 1.29 is 9.59 Å². The van der Waals surface area contributed by atoms with Gasteiger partial charge in [0, 0.05) is 12.1 Å². The van der Waals surface area contributed by atoms with Gasteiger partial charge in [-0.2, -0.15) is 0 Å². The number of amides is 2. The first-order valence-electron chi connectivity index (χ1n) is 6.02. The molecule has 1 atom stereocenters. The summed E-state index contributed by atoms with van der Waals surface area (Å²) in [5.74, 6) is -0.255. The molecule has 1 unspecified atom stereocenters. The molecular formula is C13H16BrClN2O2. The van der Waals surface area contributed by atoms with Gasteiger partial charge in [-0.3, -0.25) is 9.59 Å². The zero-order chi connectivity index (χ0) is 14.4. The maximum atomic E-state index is 11.8. The fourth-order valence-electron chi connectivity index (χ4n) is 1.34. The Hall–Kier alpha value is -1.07. The lowest BCUT2D eigenvalue weighted by molar-refractivity contribution is -0.116. The van der Waals surface area contributed by atoms with Crippen LogP contribution in [0.1, 0.15) is 26.7 Å². The first-order chi connectivity index (χ1) is 8.97. The van der Waals surface area contributed by atoms with Crippen LogP contribution in [-0.4, -0.2) is 16.6 Å². The number of hydrogen-bond acceptors (Lipinski definition) is 2. The highest BCUT2D eigenvalue weighted by molar-refractivity contribution is 9.10. The highest BCUT2D eigenvalue weighted by Crippen LogP contribution is 2.26. The predicted molar refractivity (Wildman–Crippen MR) is 82.0 cm³/mol. The van der Waals surface area contributed by atoms with Gasteiger partial charge in [-0.15, -0.1) is 0 Å². The minimum atomic E-state index is -0.266. The fraction of sp³-hybridized carbons (Fsp3) is 0.385. The number of halogens is 2. The molecule has 1 rings (SSSR count). The predicted octanol–water partition coefficient (Wildman–Crippen LogP) is 3.80. The van der Waals surface area contributed by atoms with E-state index in [9.17, 15) is 9.59 Å². The minimum absolute atomic E-state index is 0.0912. The lowest BCUT2D eigenvalue weighted by Gasteiger charge is -2.12. The summed E-state index contributed by atoms with van der Waals surface area (Å²) in [6, 6.07) is 4.97. The molecule has 0 bridgehead atoms. The normalized spacial score (nSPS) is 11.8. The monoisotopic (exact) mass is 346 g/mol. The van der Waals surface area contributed by atoms with Crippen LogP contribution in [0.15, 0.2) is 18.2 Å². The molecule has 0 radical (unpaired) electrons. The fourth-order valence-corrected chi connectivity index (χ4v) is 1.62. The van der Waals surface area contributed by atoms with E-state index in [1.165, 1.54) is 0 Å². The summed E-state index contributed by atoms with van der Waals surface area (Å²) in [5, 5.41) is 5.87. The van der Waals surface area contributed by atoms with E-state index in [2.05, 4.69) is 26.6 Å². The van der Waals surface area contributed by atoms with E-state index in [4.69, 9.17) is 11.6 Å². The maximum Gasteiger partial charge on any atom is 0.238 e. The van der Waals surface area contributed by atoms with Crippen LogP contribution in [0.5, 0.6) is 0 Å². The zero-order valence-corrected chi connectivity index (χ0v) is 13.1. The van der Waals surface area contributed by atoms with Gasteiger partial charge in [0.2, 0.25) is 11.8 Å². The van der Waals surface area contributed by atoms with E-state index >= 15 is 0 Å². The summed E-state index contributed by atoms with van der Waals surface area (Å²) in [7, 11) is 0. The molecule has 0 aliphatic carbocycles. The van der Waals surface area contributed by atoms with Gasteiger partial charge < -0.3 is 10.6 Å². The second kappa shape index (κ2) is 7.50. The van der Waals surface area contributed by atoms with Crippen molar-refractivity contribution in [3.8, 4) is 0 Å². The number of benzene rings is 1. The smallest absolute Gasteiger partial charge is 0.238 e. The van der Waals surface area contributed by atoms with E-state index in [1.54, 1.807) is 25.1 Å². The average Bonchev–Trinajstić information content (AvgIpc) is 2.41. The Morgan fingerprint density at radius 2 is 2.00 bits per heavy atom. The van der Waals surface area contributed by atoms with Gasteiger partial charge in [0.1, 0.15) is 0 Å². The lowest BCUT2D eigenvalue weighted by Crippen LogP contribution is -2.22. The van der Waals surface area contributed by atoms with Crippen molar-refractivity contribution in [3.63, 3.8) is 0 Å². The number of rotatable bonds is 5. The van der Waals surface area contributed by atoms with E-state index < -0.39 is 0 Å². The maximum absolute atomic E-state index is 11.8. The Morgan fingerprint density at radius 3 is 2.58 bits per heavy atom. The molecule has 0 saturated carbocycles. The summed E-state index contributed by atoms with van der Waals surface area (Å²) >= 11 is 9.29. The van der Waals surface area contributed by atoms with E-state index in [0.29, 0.717) is 29.2 Å². The molecule has 0 aromatic heterocycles. The Bertz CT molecular complexity index is 480. The quantitative estimate of drug-likeness (QED) is 0.796. The first kappa shape index (κ1) is 16.0. The molecule has 0 fully saturated rings. The molecule has 2 N–H and O–H groups in total. The number of nitrogens with one attached hydrogen (secondary N) is 2. The van der Waals surface area contributed by atoms with E-state index in [-0.39, 0.29) is 16.6 Å². The first-order valence-corrected chi connectivity index (χ1v) is 7.31. The van der Waals surface area contributed by atoms with Gasteiger partial charge >= 0.3 is 0 Å². The number of anilines is 2. The number of alkyl halides is 1. The standard InChI is InChI=1S/C13H16BrClN2O2/c1-3-9(14)13(19)17-11-7-8(5-6-10(11)15)16-12(18)4-2/h5-7,9H,3-4H2,1-2H3,(H,16,18)(H,17,19). The van der Waals surface area contributed by atoms with Gasteiger partial charge in [0.15, 0.2) is 0 Å². The largest absolute Gasteiger partial charge is 0.326 e. The summed E-state index contributed by atoms with van der Waals surface area (Å²) < 4.78 is 0. The molecule has 0 aliphatic heterocycles. The Kier molecular flexibility index (Phi) is 6.31. The Balaban J connectivity index is 2.85. The summed E-state index contributed by atoms with van der Waals surface area (Å²) in [4.78, 5) is 22.8. The molecule has 6 heteroatoms. The number of carbonyl (C=O) groups is 2. The van der Waals surface area contributed by atoms with Crippen LogP contribution in [0.2, 0.25) is 5.02 Å². The van der Waals surface area contributed by atoms with Crippen LogP contribution >= 0.6 is 27.5 Å². The van der Waals surface area contributed by atoms with Gasteiger partial charge in [0.05, 0.1) is 15.5 Å². The number of hydrogen-bond donors (Lipinski definition) is 2. The molecule has 0 saturated heterocycles. The van der Waals surface area contributed by atoms with Crippen LogP contribution in [0.3, 0.4) is 0 Å². The van der Waals surface area contributed by atoms with Crippen molar-refractivity contribution in [2.45, 2.75) is 31.5 Å². The third kappa shape index (κ3) is 4.84. The van der Waals surface area contributed by atoms with Gasteiger partial charge in [0.25, 0.3) is 0 Å². The lowest BCUT2D eigenvalue weighted by atomic mass is 10.2. The summed E-state index contributed by atoms with van der Waals surface area (Å²) in [6.07, 6.45) is 1.07. The molecule has 19 heavy (non-hydrogen) atoms. The van der Waals surface area contributed by atoms with Crippen molar-refractivity contribution in [3.05, 3.63) is 23.2 Å². The van der Waals surface area contributed by atoms with Crippen LogP contribution in [0.4, 0.5) is 11.4 Å². The van der Waals surface area contributed by atoms with Gasteiger partial charge in [-0.05, 0) is 24.6 Å².